The lowest BCUT2D eigenvalue weighted by Gasteiger charge is -2.08. The van der Waals surface area contributed by atoms with Crippen molar-refractivity contribution in [2.75, 3.05) is 14.2 Å². The number of methoxy groups -OCH3 is 1. The second-order valence-corrected chi connectivity index (χ2v) is 4.37. The van der Waals surface area contributed by atoms with Crippen LogP contribution in [0.25, 0.3) is 0 Å². The van der Waals surface area contributed by atoms with Crippen molar-refractivity contribution in [2.24, 2.45) is 0 Å². The lowest BCUT2D eigenvalue weighted by molar-refractivity contribution is -0.385. The number of rotatable bonds is 6. The molecule has 0 saturated carbocycles. The van der Waals surface area contributed by atoms with Crippen LogP contribution in [0, 0.1) is 10.1 Å². The first-order chi connectivity index (χ1) is 10.1. The van der Waals surface area contributed by atoms with Gasteiger partial charge in [-0.05, 0) is 30.8 Å². The molecule has 0 unspecified atom stereocenters. The van der Waals surface area contributed by atoms with Crippen molar-refractivity contribution in [1.82, 2.24) is 5.32 Å². The van der Waals surface area contributed by atoms with Crippen LogP contribution in [-0.4, -0.2) is 19.1 Å². The maximum absolute atomic E-state index is 10.8. The Morgan fingerprint density at radius 2 is 1.81 bits per heavy atom. The highest BCUT2D eigenvalue weighted by Gasteiger charge is 2.15. The number of nitrogens with one attached hydrogen (secondary N) is 1. The van der Waals surface area contributed by atoms with Crippen molar-refractivity contribution in [3.63, 3.8) is 0 Å². The largest absolute Gasteiger partial charge is 0.490 e. The Balaban J connectivity index is 2.17. The van der Waals surface area contributed by atoms with E-state index in [4.69, 9.17) is 9.47 Å². The van der Waals surface area contributed by atoms with Crippen LogP contribution in [0.1, 0.15) is 5.56 Å². The molecule has 21 heavy (non-hydrogen) atoms. The Kier molecular flexibility index (Phi) is 4.73. The van der Waals surface area contributed by atoms with Gasteiger partial charge in [-0.25, -0.2) is 0 Å². The molecule has 0 aromatic heterocycles. The van der Waals surface area contributed by atoms with Crippen molar-refractivity contribution in [2.45, 2.75) is 6.54 Å². The Morgan fingerprint density at radius 1 is 1.14 bits per heavy atom. The van der Waals surface area contributed by atoms with Crippen LogP contribution < -0.4 is 14.8 Å². The first kappa shape index (κ1) is 14.8. The number of benzene rings is 2. The van der Waals surface area contributed by atoms with Crippen LogP contribution in [0.2, 0.25) is 0 Å². The molecule has 2 aromatic rings. The van der Waals surface area contributed by atoms with Gasteiger partial charge in [-0.2, -0.15) is 0 Å². The lowest BCUT2D eigenvalue weighted by Crippen LogP contribution is -2.04. The molecule has 0 bridgehead atoms. The van der Waals surface area contributed by atoms with Crippen molar-refractivity contribution < 1.29 is 14.4 Å². The van der Waals surface area contributed by atoms with Crippen molar-refractivity contribution >= 4 is 5.69 Å². The van der Waals surface area contributed by atoms with E-state index in [1.54, 1.807) is 6.07 Å². The average molecular weight is 288 g/mol. The Labute approximate surface area is 122 Å². The maximum Gasteiger partial charge on any atom is 0.311 e. The summed E-state index contributed by atoms with van der Waals surface area (Å²) in [4.78, 5) is 10.3. The lowest BCUT2D eigenvalue weighted by atomic mass is 10.2. The molecule has 0 aliphatic rings. The number of nitrogens with zero attached hydrogens (tertiary/aromatic N) is 1. The van der Waals surface area contributed by atoms with E-state index in [1.807, 2.05) is 31.3 Å². The Bertz CT molecular complexity index is 626. The molecule has 0 aliphatic heterocycles. The molecular weight excluding hydrogens is 272 g/mol. The van der Waals surface area contributed by atoms with Gasteiger partial charge in [-0.15, -0.1) is 0 Å². The maximum atomic E-state index is 10.8. The number of hydrogen-bond donors (Lipinski definition) is 1. The molecule has 110 valence electrons. The fourth-order valence-corrected chi connectivity index (χ4v) is 1.89. The molecular formula is C15H16N2O4. The minimum Gasteiger partial charge on any atom is -0.490 e. The van der Waals surface area contributed by atoms with Gasteiger partial charge in [-0.1, -0.05) is 12.1 Å². The minimum absolute atomic E-state index is 0.0887. The van der Waals surface area contributed by atoms with Crippen molar-refractivity contribution in [3.05, 3.63) is 58.1 Å². The number of nitro benzene ring substituents is 1. The normalized spacial score (nSPS) is 10.2. The van der Waals surface area contributed by atoms with Gasteiger partial charge in [0, 0.05) is 18.7 Å². The monoisotopic (exact) mass is 288 g/mol. The smallest absolute Gasteiger partial charge is 0.311 e. The third-order valence-electron chi connectivity index (χ3n) is 2.89. The zero-order chi connectivity index (χ0) is 15.2. The molecule has 6 nitrogen and oxygen atoms in total. The van der Waals surface area contributed by atoms with Gasteiger partial charge in [0.05, 0.1) is 12.0 Å². The zero-order valence-electron chi connectivity index (χ0n) is 11.8. The van der Waals surface area contributed by atoms with E-state index in [2.05, 4.69) is 5.32 Å². The van der Waals surface area contributed by atoms with E-state index >= 15 is 0 Å². The average Bonchev–Trinajstić information content (AvgIpc) is 2.49. The van der Waals surface area contributed by atoms with Gasteiger partial charge in [0.2, 0.25) is 5.75 Å². The zero-order valence-corrected chi connectivity index (χ0v) is 11.8. The predicted molar refractivity (Wildman–Crippen MR) is 78.9 cm³/mol. The van der Waals surface area contributed by atoms with E-state index in [0.717, 1.165) is 12.1 Å². The fourth-order valence-electron chi connectivity index (χ4n) is 1.89. The molecule has 0 amide bonds. The fraction of sp³-hybridized carbons (Fsp3) is 0.200. The summed E-state index contributed by atoms with van der Waals surface area (Å²) in [7, 11) is 3.27. The second-order valence-electron chi connectivity index (χ2n) is 4.37. The summed E-state index contributed by atoms with van der Waals surface area (Å²) in [6.45, 7) is 0.783. The molecule has 0 aliphatic carbocycles. The van der Waals surface area contributed by atoms with Gasteiger partial charge < -0.3 is 14.8 Å². The summed E-state index contributed by atoms with van der Waals surface area (Å²) >= 11 is 0. The van der Waals surface area contributed by atoms with Crippen LogP contribution in [0.5, 0.6) is 17.2 Å². The van der Waals surface area contributed by atoms with E-state index in [9.17, 15) is 10.1 Å². The summed E-state index contributed by atoms with van der Waals surface area (Å²) in [5, 5.41) is 13.9. The quantitative estimate of drug-likeness (QED) is 0.653. The summed E-state index contributed by atoms with van der Waals surface area (Å²) in [5.41, 5.74) is 1.06. The molecule has 0 fully saturated rings. The topological polar surface area (TPSA) is 73.6 Å². The van der Waals surface area contributed by atoms with Crippen LogP contribution in [-0.2, 0) is 6.54 Å². The third-order valence-corrected chi connectivity index (χ3v) is 2.89. The van der Waals surface area contributed by atoms with Gasteiger partial charge >= 0.3 is 5.69 Å². The molecule has 6 heteroatoms. The van der Waals surface area contributed by atoms with Gasteiger partial charge in [0.1, 0.15) is 11.5 Å². The molecule has 1 N–H and O–H groups in total. The summed E-state index contributed by atoms with van der Waals surface area (Å²) in [6, 6.07) is 12.0. The standard InChI is InChI=1S/C15H16N2O4/c1-16-10-11-3-5-12(6-4-11)21-13-7-8-14(17(18)19)15(9-13)20-2/h3-9,16H,10H2,1-2H3. The van der Waals surface area contributed by atoms with Crippen LogP contribution in [0.3, 0.4) is 0 Å². The third kappa shape index (κ3) is 3.70. The Morgan fingerprint density at radius 3 is 2.38 bits per heavy atom. The predicted octanol–water partition coefficient (Wildman–Crippen LogP) is 3.12. The van der Waals surface area contributed by atoms with Gasteiger partial charge in [0.15, 0.2) is 0 Å². The van der Waals surface area contributed by atoms with Gasteiger partial charge in [-0.3, -0.25) is 10.1 Å². The summed E-state index contributed by atoms with van der Waals surface area (Å²) < 4.78 is 10.7. The minimum atomic E-state index is -0.491. The van der Waals surface area contributed by atoms with Crippen molar-refractivity contribution in [3.8, 4) is 17.2 Å². The van der Waals surface area contributed by atoms with Crippen LogP contribution in [0.15, 0.2) is 42.5 Å². The number of hydrogen-bond acceptors (Lipinski definition) is 5. The highest BCUT2D eigenvalue weighted by molar-refractivity contribution is 5.51. The molecule has 2 aromatic carbocycles. The van der Waals surface area contributed by atoms with Gasteiger partial charge in [0.25, 0.3) is 0 Å². The first-order valence-electron chi connectivity index (χ1n) is 6.38. The van der Waals surface area contributed by atoms with Crippen LogP contribution in [0.4, 0.5) is 5.69 Å². The van der Waals surface area contributed by atoms with E-state index in [1.165, 1.54) is 19.2 Å². The Hall–Kier alpha value is -2.60. The van der Waals surface area contributed by atoms with E-state index in [-0.39, 0.29) is 11.4 Å². The number of nitro groups is 1. The highest BCUT2D eigenvalue weighted by atomic mass is 16.6. The molecule has 0 spiro atoms. The highest BCUT2D eigenvalue weighted by Crippen LogP contribution is 2.32. The summed E-state index contributed by atoms with van der Waals surface area (Å²) in [5.74, 6) is 1.31. The first-order valence-corrected chi connectivity index (χ1v) is 6.38. The SMILES string of the molecule is CNCc1ccc(Oc2ccc([N+](=O)[O-])c(OC)c2)cc1. The molecule has 2 rings (SSSR count). The summed E-state index contributed by atoms with van der Waals surface area (Å²) in [6.07, 6.45) is 0. The van der Waals surface area contributed by atoms with E-state index in [0.29, 0.717) is 11.5 Å². The second kappa shape index (κ2) is 6.71. The molecule has 0 radical (unpaired) electrons. The van der Waals surface area contributed by atoms with E-state index < -0.39 is 4.92 Å². The number of ether oxygens (including phenoxy) is 2. The molecule has 0 saturated heterocycles. The van der Waals surface area contributed by atoms with Crippen molar-refractivity contribution in [1.29, 1.82) is 0 Å². The molecule has 0 heterocycles. The van der Waals surface area contributed by atoms with Crippen LogP contribution >= 0.6 is 0 Å². The molecule has 0 atom stereocenters.